The summed E-state index contributed by atoms with van der Waals surface area (Å²) in [6, 6.07) is 4.96. The van der Waals surface area contributed by atoms with Gasteiger partial charge in [0, 0.05) is 19.6 Å². The Morgan fingerprint density at radius 1 is 1.35 bits per heavy atom. The molecular weight excluding hydrogens is 256 g/mol. The second-order valence-electron chi connectivity index (χ2n) is 5.16. The first-order valence-corrected chi connectivity index (χ1v) is 6.89. The van der Waals surface area contributed by atoms with Gasteiger partial charge in [0.15, 0.2) is 0 Å². The van der Waals surface area contributed by atoms with Crippen LogP contribution in [0.1, 0.15) is 41.8 Å². The van der Waals surface area contributed by atoms with Crippen molar-refractivity contribution < 1.29 is 14.7 Å². The highest BCUT2D eigenvalue weighted by Crippen LogP contribution is 2.25. The van der Waals surface area contributed by atoms with Gasteiger partial charge in [-0.15, -0.1) is 0 Å². The summed E-state index contributed by atoms with van der Waals surface area (Å²) in [6.45, 7) is 5.90. The number of carboxylic acid groups (broad SMARTS) is 1. The molecule has 2 N–H and O–H groups in total. The van der Waals surface area contributed by atoms with Crippen LogP contribution in [0.2, 0.25) is 0 Å². The van der Waals surface area contributed by atoms with E-state index in [0.717, 1.165) is 17.5 Å². The van der Waals surface area contributed by atoms with Gasteiger partial charge in [0.05, 0.1) is 11.6 Å². The Morgan fingerprint density at radius 3 is 2.70 bits per heavy atom. The van der Waals surface area contributed by atoms with Crippen LogP contribution in [-0.4, -0.2) is 34.5 Å². The van der Waals surface area contributed by atoms with Crippen LogP contribution < -0.4 is 5.32 Å². The van der Waals surface area contributed by atoms with Gasteiger partial charge in [-0.05, 0) is 36.6 Å². The van der Waals surface area contributed by atoms with E-state index < -0.39 is 5.97 Å². The minimum atomic E-state index is -0.917. The minimum absolute atomic E-state index is 0.0260. The molecule has 1 amide bonds. The van der Waals surface area contributed by atoms with Gasteiger partial charge in [0.2, 0.25) is 5.91 Å². The van der Waals surface area contributed by atoms with Crippen molar-refractivity contribution in [1.29, 1.82) is 0 Å². The number of nitrogens with zero attached hydrogens (tertiary/aromatic N) is 1. The van der Waals surface area contributed by atoms with E-state index in [4.69, 9.17) is 5.11 Å². The van der Waals surface area contributed by atoms with Crippen LogP contribution in [0, 0.1) is 0 Å². The third-order valence-corrected chi connectivity index (χ3v) is 3.68. The lowest BCUT2D eigenvalue weighted by Gasteiger charge is -2.22. The van der Waals surface area contributed by atoms with Gasteiger partial charge in [-0.2, -0.15) is 0 Å². The highest BCUT2D eigenvalue weighted by atomic mass is 16.4. The number of hydrogen-bond donors (Lipinski definition) is 2. The van der Waals surface area contributed by atoms with Crippen molar-refractivity contribution in [1.82, 2.24) is 10.2 Å². The molecule has 1 aromatic carbocycles. The topological polar surface area (TPSA) is 69.6 Å². The van der Waals surface area contributed by atoms with E-state index in [1.54, 1.807) is 12.1 Å². The van der Waals surface area contributed by atoms with Crippen molar-refractivity contribution in [3.8, 4) is 0 Å². The molecule has 0 saturated heterocycles. The van der Waals surface area contributed by atoms with E-state index in [0.29, 0.717) is 25.2 Å². The summed E-state index contributed by atoms with van der Waals surface area (Å²) in [5, 5.41) is 11.9. The smallest absolute Gasteiger partial charge is 0.335 e. The molecule has 5 heteroatoms. The number of amides is 1. The fourth-order valence-corrected chi connectivity index (χ4v) is 2.39. The zero-order chi connectivity index (χ0) is 14.7. The molecule has 0 saturated carbocycles. The lowest BCUT2D eigenvalue weighted by atomic mass is 10.1. The van der Waals surface area contributed by atoms with Crippen LogP contribution >= 0.6 is 0 Å². The van der Waals surface area contributed by atoms with Crippen LogP contribution in [0.15, 0.2) is 18.2 Å². The molecule has 1 unspecified atom stereocenters. The quantitative estimate of drug-likeness (QED) is 0.857. The molecule has 1 atom stereocenters. The minimum Gasteiger partial charge on any atom is -0.478 e. The molecule has 2 rings (SSSR count). The van der Waals surface area contributed by atoms with Gasteiger partial charge in [-0.3, -0.25) is 9.69 Å². The number of benzene rings is 1. The van der Waals surface area contributed by atoms with E-state index >= 15 is 0 Å². The highest BCUT2D eigenvalue weighted by molar-refractivity contribution is 5.88. The van der Waals surface area contributed by atoms with Gasteiger partial charge in [0.1, 0.15) is 0 Å². The first-order valence-electron chi connectivity index (χ1n) is 6.89. The Balaban J connectivity index is 2.05. The van der Waals surface area contributed by atoms with Gasteiger partial charge in [-0.1, -0.05) is 13.0 Å². The average Bonchev–Trinajstić information content (AvgIpc) is 2.86. The summed E-state index contributed by atoms with van der Waals surface area (Å²) in [5.41, 5.74) is 2.40. The molecule has 1 heterocycles. The van der Waals surface area contributed by atoms with Crippen LogP contribution in [0.25, 0.3) is 0 Å². The Morgan fingerprint density at radius 2 is 2.05 bits per heavy atom. The number of carboxylic acids is 1. The van der Waals surface area contributed by atoms with Crippen LogP contribution in [0.4, 0.5) is 0 Å². The standard InChI is InChI=1S/C15H20N2O3/c1-3-6-16-14(18)10(2)17-8-12-5-4-11(15(19)20)7-13(12)9-17/h4-5,7,10H,3,6,8-9H2,1-2H3,(H,16,18)(H,19,20). The molecule has 1 aromatic rings. The normalized spacial score (nSPS) is 15.7. The van der Waals surface area contributed by atoms with E-state index in [1.165, 1.54) is 0 Å². The molecule has 5 nitrogen and oxygen atoms in total. The number of carbonyl (C=O) groups is 2. The fourth-order valence-electron chi connectivity index (χ4n) is 2.39. The van der Waals surface area contributed by atoms with Crippen molar-refractivity contribution in [2.24, 2.45) is 0 Å². The molecule has 108 valence electrons. The molecule has 1 aliphatic heterocycles. The molecule has 0 aliphatic carbocycles. The zero-order valence-corrected chi connectivity index (χ0v) is 11.8. The first kappa shape index (κ1) is 14.5. The maximum atomic E-state index is 12.0. The van der Waals surface area contributed by atoms with Gasteiger partial charge in [-0.25, -0.2) is 4.79 Å². The third-order valence-electron chi connectivity index (χ3n) is 3.68. The molecule has 0 radical (unpaired) electrons. The molecule has 0 aromatic heterocycles. The maximum absolute atomic E-state index is 12.0. The highest BCUT2D eigenvalue weighted by Gasteiger charge is 2.27. The summed E-state index contributed by atoms with van der Waals surface area (Å²) in [7, 11) is 0. The van der Waals surface area contributed by atoms with E-state index in [2.05, 4.69) is 10.2 Å². The third kappa shape index (κ3) is 2.99. The predicted octanol–water partition coefficient (Wildman–Crippen LogP) is 1.62. The van der Waals surface area contributed by atoms with Gasteiger partial charge >= 0.3 is 5.97 Å². The van der Waals surface area contributed by atoms with Crippen molar-refractivity contribution in [2.75, 3.05) is 6.54 Å². The molecular formula is C15H20N2O3. The largest absolute Gasteiger partial charge is 0.478 e. The average molecular weight is 276 g/mol. The number of aromatic carboxylic acids is 1. The summed E-state index contributed by atoms with van der Waals surface area (Å²) in [5.74, 6) is -0.891. The van der Waals surface area contributed by atoms with E-state index in [1.807, 2.05) is 19.9 Å². The zero-order valence-electron chi connectivity index (χ0n) is 11.8. The lowest BCUT2D eigenvalue weighted by molar-refractivity contribution is -0.126. The number of hydrogen-bond acceptors (Lipinski definition) is 3. The second-order valence-corrected chi connectivity index (χ2v) is 5.16. The van der Waals surface area contributed by atoms with Gasteiger partial charge in [0.25, 0.3) is 0 Å². The van der Waals surface area contributed by atoms with E-state index in [-0.39, 0.29) is 11.9 Å². The molecule has 0 bridgehead atoms. The Bertz CT molecular complexity index is 528. The van der Waals surface area contributed by atoms with Crippen LogP contribution in [0.5, 0.6) is 0 Å². The number of nitrogens with one attached hydrogen (secondary N) is 1. The maximum Gasteiger partial charge on any atom is 0.335 e. The number of rotatable bonds is 5. The van der Waals surface area contributed by atoms with Crippen molar-refractivity contribution in [3.05, 3.63) is 34.9 Å². The molecule has 0 spiro atoms. The van der Waals surface area contributed by atoms with Crippen LogP contribution in [-0.2, 0) is 17.9 Å². The second kappa shape index (κ2) is 6.05. The molecule has 1 aliphatic rings. The monoisotopic (exact) mass is 276 g/mol. The number of fused-ring (bicyclic) bond motifs is 1. The summed E-state index contributed by atoms with van der Waals surface area (Å²) < 4.78 is 0. The Hall–Kier alpha value is -1.88. The first-order chi connectivity index (χ1) is 9.52. The van der Waals surface area contributed by atoms with Crippen molar-refractivity contribution in [2.45, 2.75) is 39.4 Å². The molecule has 0 fully saturated rings. The van der Waals surface area contributed by atoms with E-state index in [9.17, 15) is 9.59 Å². The SMILES string of the molecule is CCCNC(=O)C(C)N1Cc2ccc(C(=O)O)cc2C1. The summed E-state index contributed by atoms with van der Waals surface area (Å²) in [6.07, 6.45) is 0.917. The Kier molecular flexibility index (Phi) is 4.39. The van der Waals surface area contributed by atoms with Crippen molar-refractivity contribution in [3.63, 3.8) is 0 Å². The number of carbonyl (C=O) groups excluding carboxylic acids is 1. The molecule has 20 heavy (non-hydrogen) atoms. The summed E-state index contributed by atoms with van der Waals surface area (Å²) in [4.78, 5) is 25.0. The fraction of sp³-hybridized carbons (Fsp3) is 0.467. The predicted molar refractivity (Wildman–Crippen MR) is 75.4 cm³/mol. The summed E-state index contributed by atoms with van der Waals surface area (Å²) >= 11 is 0. The van der Waals surface area contributed by atoms with Gasteiger partial charge < -0.3 is 10.4 Å². The van der Waals surface area contributed by atoms with Crippen molar-refractivity contribution >= 4 is 11.9 Å². The lowest BCUT2D eigenvalue weighted by Crippen LogP contribution is -2.42. The Labute approximate surface area is 118 Å². The van der Waals surface area contributed by atoms with Crippen LogP contribution in [0.3, 0.4) is 0 Å².